The molecule has 2 aromatic carbocycles. The maximum absolute atomic E-state index is 13.6. The van der Waals surface area contributed by atoms with Crippen molar-refractivity contribution in [3.8, 4) is 0 Å². The molecule has 4 aromatic rings. The van der Waals surface area contributed by atoms with Crippen LogP contribution >= 0.6 is 50.2 Å². The zero-order valence-electron chi connectivity index (χ0n) is 17.3. The lowest BCUT2D eigenvalue weighted by Crippen LogP contribution is -2.30. The molecule has 10 heteroatoms. The molecule has 1 amide bonds. The van der Waals surface area contributed by atoms with Gasteiger partial charge in [0.05, 0.1) is 37.4 Å². The highest BCUT2D eigenvalue weighted by Gasteiger charge is 2.46. The van der Waals surface area contributed by atoms with E-state index in [1.807, 2.05) is 31.2 Å². The zero-order chi connectivity index (χ0) is 23.4. The van der Waals surface area contributed by atoms with E-state index in [1.54, 1.807) is 25.1 Å². The molecule has 0 saturated carbocycles. The van der Waals surface area contributed by atoms with Gasteiger partial charge in [-0.3, -0.25) is 14.5 Å². The van der Waals surface area contributed by atoms with Gasteiger partial charge in [-0.05, 0) is 49.7 Å². The molecule has 0 aliphatic carbocycles. The summed E-state index contributed by atoms with van der Waals surface area (Å²) in [5.74, 6) is -1.66. The third-order valence-corrected chi connectivity index (χ3v) is 8.15. The first-order valence-electron chi connectivity index (χ1n) is 9.81. The third-order valence-electron chi connectivity index (χ3n) is 5.29. The molecule has 0 fully saturated rings. The molecule has 5 rings (SSSR count). The number of rotatable bonds is 4. The Bertz CT molecular complexity index is 1480. The summed E-state index contributed by atoms with van der Waals surface area (Å²) in [6.45, 7) is 3.56. The summed E-state index contributed by atoms with van der Waals surface area (Å²) in [6, 6.07) is 11.7. The summed E-state index contributed by atoms with van der Waals surface area (Å²) in [4.78, 5) is 37.7. The van der Waals surface area contributed by atoms with Crippen LogP contribution < -0.4 is 4.90 Å². The van der Waals surface area contributed by atoms with Crippen molar-refractivity contribution in [3.63, 3.8) is 0 Å². The number of aromatic nitrogens is 2. The van der Waals surface area contributed by atoms with E-state index in [4.69, 9.17) is 11.6 Å². The molecule has 1 N–H and O–H groups in total. The number of benzene rings is 2. The second-order valence-corrected chi connectivity index (χ2v) is 11.0. The number of anilines is 1. The van der Waals surface area contributed by atoms with Crippen LogP contribution in [0.15, 0.2) is 58.3 Å². The molecule has 166 valence electrons. The number of amides is 1. The average molecular weight is 561 g/mol. The molecule has 3 heterocycles. The van der Waals surface area contributed by atoms with Crippen LogP contribution in [-0.2, 0) is 4.79 Å². The largest absolute Gasteiger partial charge is 0.503 e. The van der Waals surface area contributed by atoms with E-state index in [0.717, 1.165) is 14.2 Å². The number of hydrogen-bond donors (Lipinski definition) is 1. The van der Waals surface area contributed by atoms with Crippen LogP contribution in [0.5, 0.6) is 0 Å². The van der Waals surface area contributed by atoms with Crippen LogP contribution in [0.4, 0.5) is 5.13 Å². The lowest BCUT2D eigenvalue weighted by molar-refractivity contribution is -0.117. The quantitative estimate of drug-likeness (QED) is 0.286. The summed E-state index contributed by atoms with van der Waals surface area (Å²) in [5, 5.41) is 12.6. The fraction of sp³-hybridized carbons (Fsp3) is 0.130. The summed E-state index contributed by atoms with van der Waals surface area (Å²) in [6.07, 6.45) is 0. The topological polar surface area (TPSA) is 83.4 Å². The van der Waals surface area contributed by atoms with E-state index in [0.29, 0.717) is 31.8 Å². The molecule has 1 atom stereocenters. The molecule has 1 aliphatic heterocycles. The number of halogens is 2. The predicted molar refractivity (Wildman–Crippen MR) is 135 cm³/mol. The maximum atomic E-state index is 13.6. The van der Waals surface area contributed by atoms with Gasteiger partial charge in [0.15, 0.2) is 10.9 Å². The van der Waals surface area contributed by atoms with E-state index >= 15 is 0 Å². The van der Waals surface area contributed by atoms with Crippen molar-refractivity contribution < 1.29 is 14.7 Å². The Labute approximate surface area is 210 Å². The van der Waals surface area contributed by atoms with Crippen molar-refractivity contribution >= 4 is 77.2 Å². The molecule has 2 aromatic heterocycles. The Kier molecular flexibility index (Phi) is 5.60. The predicted octanol–water partition coefficient (Wildman–Crippen LogP) is 6.57. The van der Waals surface area contributed by atoms with Gasteiger partial charge in [-0.2, -0.15) is 0 Å². The van der Waals surface area contributed by atoms with Gasteiger partial charge in [0.25, 0.3) is 5.91 Å². The number of Topliss-reactive ketones (excluding diaryl/α,β-unsaturated/α-hetero) is 1. The van der Waals surface area contributed by atoms with Crippen molar-refractivity contribution in [1.82, 2.24) is 9.97 Å². The Morgan fingerprint density at radius 1 is 1.12 bits per heavy atom. The van der Waals surface area contributed by atoms with Gasteiger partial charge < -0.3 is 5.11 Å². The monoisotopic (exact) mass is 559 g/mol. The first-order valence-corrected chi connectivity index (χ1v) is 12.6. The minimum Gasteiger partial charge on any atom is -0.503 e. The van der Waals surface area contributed by atoms with Crippen LogP contribution in [0.25, 0.3) is 10.2 Å². The summed E-state index contributed by atoms with van der Waals surface area (Å²) < 4.78 is 1.65. The number of aryl methyl sites for hydroxylation is 2. The van der Waals surface area contributed by atoms with Crippen LogP contribution in [0.2, 0.25) is 5.02 Å². The molecule has 0 radical (unpaired) electrons. The SMILES string of the molecule is Cc1nc(C)c(C(=O)C2=C(O)C(=O)N(c3nc4ccc(Cl)cc4s3)C2c2ccc(Br)cc2)s1. The number of carbonyl (C=O) groups is 2. The van der Waals surface area contributed by atoms with E-state index in [2.05, 4.69) is 25.9 Å². The summed E-state index contributed by atoms with van der Waals surface area (Å²) >= 11 is 12.1. The van der Waals surface area contributed by atoms with Crippen LogP contribution in [-0.4, -0.2) is 26.8 Å². The highest BCUT2D eigenvalue weighted by Crippen LogP contribution is 2.45. The van der Waals surface area contributed by atoms with Crippen molar-refractivity contribution in [3.05, 3.63) is 84.4 Å². The fourth-order valence-electron chi connectivity index (χ4n) is 3.85. The molecule has 0 spiro atoms. The van der Waals surface area contributed by atoms with Crippen molar-refractivity contribution in [2.75, 3.05) is 4.90 Å². The minimum absolute atomic E-state index is 0.0198. The lowest BCUT2D eigenvalue weighted by Gasteiger charge is -2.24. The molecule has 1 unspecified atom stereocenters. The Morgan fingerprint density at radius 2 is 1.85 bits per heavy atom. The van der Waals surface area contributed by atoms with Gasteiger partial charge in [-0.15, -0.1) is 11.3 Å². The van der Waals surface area contributed by atoms with E-state index in [1.165, 1.54) is 27.6 Å². The van der Waals surface area contributed by atoms with Crippen molar-refractivity contribution in [2.24, 2.45) is 0 Å². The smallest absolute Gasteiger partial charge is 0.296 e. The number of hydrogen-bond acceptors (Lipinski definition) is 7. The highest BCUT2D eigenvalue weighted by atomic mass is 79.9. The molecular formula is C23H15BrClN3O3S2. The Morgan fingerprint density at radius 3 is 2.52 bits per heavy atom. The molecular weight excluding hydrogens is 546 g/mol. The fourth-order valence-corrected chi connectivity index (χ4v) is 6.26. The van der Waals surface area contributed by atoms with Gasteiger partial charge in [0.2, 0.25) is 5.78 Å². The van der Waals surface area contributed by atoms with Crippen molar-refractivity contribution in [1.29, 1.82) is 0 Å². The number of aliphatic hydroxyl groups is 1. The number of carbonyl (C=O) groups excluding carboxylic acids is 2. The molecule has 0 saturated heterocycles. The van der Waals surface area contributed by atoms with Gasteiger partial charge in [0, 0.05) is 9.50 Å². The molecule has 0 bridgehead atoms. The van der Waals surface area contributed by atoms with Crippen LogP contribution in [0.1, 0.15) is 32.0 Å². The van der Waals surface area contributed by atoms with Crippen LogP contribution in [0, 0.1) is 13.8 Å². The number of ketones is 1. The number of aliphatic hydroxyl groups excluding tert-OH is 1. The second-order valence-electron chi connectivity index (χ2n) is 7.48. The normalized spacial score (nSPS) is 16.3. The summed E-state index contributed by atoms with van der Waals surface area (Å²) in [7, 11) is 0. The third kappa shape index (κ3) is 3.78. The van der Waals surface area contributed by atoms with Gasteiger partial charge in [-0.25, -0.2) is 9.97 Å². The first kappa shape index (κ1) is 22.2. The Balaban J connectivity index is 1.69. The molecule has 6 nitrogen and oxygen atoms in total. The van der Waals surface area contributed by atoms with E-state index in [-0.39, 0.29) is 5.57 Å². The van der Waals surface area contributed by atoms with Gasteiger partial charge in [-0.1, -0.05) is 51.0 Å². The Hall–Kier alpha value is -2.59. The number of fused-ring (bicyclic) bond motifs is 1. The summed E-state index contributed by atoms with van der Waals surface area (Å²) in [5.41, 5.74) is 1.94. The minimum atomic E-state index is -0.837. The highest BCUT2D eigenvalue weighted by molar-refractivity contribution is 9.10. The second kappa shape index (κ2) is 8.32. The maximum Gasteiger partial charge on any atom is 0.296 e. The van der Waals surface area contributed by atoms with Crippen molar-refractivity contribution in [2.45, 2.75) is 19.9 Å². The zero-order valence-corrected chi connectivity index (χ0v) is 21.3. The number of thiazole rings is 2. The number of nitrogens with zero attached hydrogens (tertiary/aromatic N) is 3. The standard InChI is InChI=1S/C23H15BrClN3O3S2/c1-10-21(32-11(2)26-10)19(29)17-18(12-3-5-13(24)6-4-12)28(22(31)20(17)30)23-27-15-8-7-14(25)9-16(15)33-23/h3-9,18,30H,1-2H3. The van der Waals surface area contributed by atoms with E-state index < -0.39 is 23.5 Å². The first-order chi connectivity index (χ1) is 15.7. The van der Waals surface area contributed by atoms with Crippen LogP contribution in [0.3, 0.4) is 0 Å². The average Bonchev–Trinajstić information content (AvgIpc) is 3.41. The van der Waals surface area contributed by atoms with Gasteiger partial charge >= 0.3 is 0 Å². The van der Waals surface area contributed by atoms with E-state index in [9.17, 15) is 14.7 Å². The molecule has 1 aliphatic rings. The molecule has 33 heavy (non-hydrogen) atoms. The lowest BCUT2D eigenvalue weighted by atomic mass is 9.95. The van der Waals surface area contributed by atoms with Gasteiger partial charge in [0.1, 0.15) is 0 Å².